The van der Waals surface area contributed by atoms with Gasteiger partial charge in [-0.15, -0.1) is 24.0 Å². The first-order valence-electron chi connectivity index (χ1n) is 5.41. The summed E-state index contributed by atoms with van der Waals surface area (Å²) in [5.74, 6) is 0.310. The minimum Gasteiger partial charge on any atom is -0.370 e. The molecule has 0 aliphatic rings. The van der Waals surface area contributed by atoms with Crippen molar-refractivity contribution in [2.24, 2.45) is 10.7 Å². The van der Waals surface area contributed by atoms with E-state index in [-0.39, 0.29) is 36.2 Å². The molecule has 0 aliphatic heterocycles. The third kappa shape index (κ3) is 5.30. The second kappa shape index (κ2) is 8.67. The van der Waals surface area contributed by atoms with Gasteiger partial charge < -0.3 is 11.1 Å². The number of nitrogens with one attached hydrogen (secondary N) is 1. The van der Waals surface area contributed by atoms with Crippen LogP contribution >= 0.6 is 24.0 Å². The van der Waals surface area contributed by atoms with Gasteiger partial charge in [-0.05, 0) is 6.42 Å². The van der Waals surface area contributed by atoms with Crippen molar-refractivity contribution in [2.75, 3.05) is 6.54 Å². The highest BCUT2D eigenvalue weighted by atomic mass is 127. The maximum absolute atomic E-state index is 10.7. The normalized spacial score (nSPS) is 10.6. The molecule has 3 N–H and O–H groups in total. The average Bonchev–Trinajstić information content (AvgIpc) is 2.34. The van der Waals surface area contributed by atoms with Gasteiger partial charge in [0.1, 0.15) is 0 Å². The van der Waals surface area contributed by atoms with E-state index < -0.39 is 4.92 Å². The summed E-state index contributed by atoms with van der Waals surface area (Å²) in [5, 5.41) is 13.7. The van der Waals surface area contributed by atoms with Gasteiger partial charge in [-0.2, -0.15) is 0 Å². The van der Waals surface area contributed by atoms with Crippen LogP contribution in [0.15, 0.2) is 29.3 Å². The first-order chi connectivity index (χ1) is 8.15. The van der Waals surface area contributed by atoms with Crippen molar-refractivity contribution in [1.82, 2.24) is 5.32 Å². The van der Waals surface area contributed by atoms with Crippen molar-refractivity contribution in [1.29, 1.82) is 0 Å². The van der Waals surface area contributed by atoms with Crippen LogP contribution in [0.25, 0.3) is 0 Å². The van der Waals surface area contributed by atoms with Crippen molar-refractivity contribution in [3.8, 4) is 0 Å². The second-order valence-corrected chi connectivity index (χ2v) is 3.51. The molecule has 0 radical (unpaired) electrons. The summed E-state index contributed by atoms with van der Waals surface area (Å²) in [6.45, 7) is 2.97. The lowest BCUT2D eigenvalue weighted by atomic mass is 10.2. The Hall–Kier alpha value is -1.38. The van der Waals surface area contributed by atoms with E-state index in [0.29, 0.717) is 11.5 Å². The molecule has 0 unspecified atom stereocenters. The number of nitrogens with zero attached hydrogens (tertiary/aromatic N) is 2. The number of nitro groups is 1. The van der Waals surface area contributed by atoms with Crippen LogP contribution in [0, 0.1) is 10.1 Å². The molecule has 0 saturated heterocycles. The summed E-state index contributed by atoms with van der Waals surface area (Å²) in [4.78, 5) is 14.4. The Labute approximate surface area is 123 Å². The number of guanidine groups is 1. The Morgan fingerprint density at radius 3 is 2.78 bits per heavy atom. The third-order valence-electron chi connectivity index (χ3n) is 2.16. The molecule has 18 heavy (non-hydrogen) atoms. The van der Waals surface area contributed by atoms with Crippen LogP contribution in [0.2, 0.25) is 0 Å². The maximum atomic E-state index is 10.7. The molecular formula is C11H17IN4O2. The van der Waals surface area contributed by atoms with Gasteiger partial charge in [-0.1, -0.05) is 25.1 Å². The lowest BCUT2D eigenvalue weighted by Crippen LogP contribution is -2.32. The summed E-state index contributed by atoms with van der Waals surface area (Å²) in [7, 11) is 0. The number of benzene rings is 1. The summed E-state index contributed by atoms with van der Waals surface area (Å²) in [6.07, 6.45) is 0.946. The number of hydrogen-bond acceptors (Lipinski definition) is 3. The van der Waals surface area contributed by atoms with E-state index in [1.54, 1.807) is 18.2 Å². The molecule has 0 aromatic heterocycles. The Morgan fingerprint density at radius 1 is 1.50 bits per heavy atom. The van der Waals surface area contributed by atoms with Crippen molar-refractivity contribution in [3.63, 3.8) is 0 Å². The molecule has 0 aliphatic carbocycles. The van der Waals surface area contributed by atoms with Gasteiger partial charge in [0.25, 0.3) is 5.69 Å². The molecule has 1 aromatic rings. The Morgan fingerprint density at radius 2 is 2.17 bits per heavy atom. The monoisotopic (exact) mass is 364 g/mol. The van der Waals surface area contributed by atoms with Crippen LogP contribution in [-0.2, 0) is 6.54 Å². The number of para-hydroxylation sites is 1. The highest BCUT2D eigenvalue weighted by Crippen LogP contribution is 2.18. The second-order valence-electron chi connectivity index (χ2n) is 3.51. The minimum atomic E-state index is -0.416. The van der Waals surface area contributed by atoms with E-state index in [1.807, 2.05) is 6.92 Å². The number of halogens is 1. The Balaban J connectivity index is 0.00000289. The van der Waals surface area contributed by atoms with Gasteiger partial charge in [0.05, 0.1) is 17.0 Å². The van der Waals surface area contributed by atoms with Crippen molar-refractivity contribution in [2.45, 2.75) is 19.9 Å². The highest BCUT2D eigenvalue weighted by molar-refractivity contribution is 14.0. The van der Waals surface area contributed by atoms with E-state index in [9.17, 15) is 10.1 Å². The summed E-state index contributed by atoms with van der Waals surface area (Å²) >= 11 is 0. The van der Waals surface area contributed by atoms with Crippen molar-refractivity contribution in [3.05, 3.63) is 39.9 Å². The predicted molar refractivity (Wildman–Crippen MR) is 82.1 cm³/mol. The molecule has 1 aromatic carbocycles. The topological polar surface area (TPSA) is 93.5 Å². The Kier molecular flexibility index (Phi) is 8.01. The number of aliphatic imine (C=N–C) groups is 1. The van der Waals surface area contributed by atoms with Gasteiger partial charge in [0.2, 0.25) is 0 Å². The van der Waals surface area contributed by atoms with Crippen molar-refractivity contribution >= 4 is 35.6 Å². The largest absolute Gasteiger partial charge is 0.370 e. The van der Waals surface area contributed by atoms with E-state index in [1.165, 1.54) is 6.07 Å². The number of nitrogens with two attached hydrogens (primary N) is 1. The lowest BCUT2D eigenvalue weighted by molar-refractivity contribution is -0.385. The molecule has 1 rings (SSSR count). The van der Waals surface area contributed by atoms with Crippen LogP contribution < -0.4 is 11.1 Å². The summed E-state index contributed by atoms with van der Waals surface area (Å²) < 4.78 is 0. The number of nitro benzene ring substituents is 1. The van der Waals surface area contributed by atoms with Gasteiger partial charge in [0, 0.05) is 12.6 Å². The molecule has 0 amide bonds. The van der Waals surface area contributed by atoms with Gasteiger partial charge >= 0.3 is 0 Å². The quantitative estimate of drug-likeness (QED) is 0.275. The van der Waals surface area contributed by atoms with E-state index in [2.05, 4.69) is 10.3 Å². The predicted octanol–water partition coefficient (Wildman–Crippen LogP) is 2.03. The van der Waals surface area contributed by atoms with Gasteiger partial charge in [-0.25, -0.2) is 4.99 Å². The molecule has 0 atom stereocenters. The van der Waals surface area contributed by atoms with E-state index in [0.717, 1.165) is 13.0 Å². The number of hydrogen-bond donors (Lipinski definition) is 2. The summed E-state index contributed by atoms with van der Waals surface area (Å²) in [6, 6.07) is 6.51. The van der Waals surface area contributed by atoms with Crippen LogP contribution in [0.1, 0.15) is 18.9 Å². The lowest BCUT2D eigenvalue weighted by Gasteiger charge is -2.03. The van der Waals surface area contributed by atoms with E-state index in [4.69, 9.17) is 5.73 Å². The fraction of sp³-hybridized carbons (Fsp3) is 0.364. The molecule has 7 heteroatoms. The summed E-state index contributed by atoms with van der Waals surface area (Å²) in [5.41, 5.74) is 6.23. The van der Waals surface area contributed by atoms with Crippen LogP contribution in [0.5, 0.6) is 0 Å². The fourth-order valence-corrected chi connectivity index (χ4v) is 1.30. The van der Waals surface area contributed by atoms with Gasteiger partial charge in [0.15, 0.2) is 5.96 Å². The smallest absolute Gasteiger partial charge is 0.274 e. The van der Waals surface area contributed by atoms with Crippen LogP contribution in [0.4, 0.5) is 5.69 Å². The van der Waals surface area contributed by atoms with Crippen LogP contribution in [-0.4, -0.2) is 17.4 Å². The molecule has 0 saturated carbocycles. The van der Waals surface area contributed by atoms with Gasteiger partial charge in [-0.3, -0.25) is 10.1 Å². The zero-order chi connectivity index (χ0) is 12.7. The molecule has 0 fully saturated rings. The van der Waals surface area contributed by atoms with Crippen LogP contribution in [0.3, 0.4) is 0 Å². The molecular weight excluding hydrogens is 347 g/mol. The Bertz CT molecular complexity index is 423. The first kappa shape index (κ1) is 16.6. The fourth-order valence-electron chi connectivity index (χ4n) is 1.30. The van der Waals surface area contributed by atoms with E-state index >= 15 is 0 Å². The average molecular weight is 364 g/mol. The zero-order valence-corrected chi connectivity index (χ0v) is 12.5. The molecule has 0 spiro atoms. The maximum Gasteiger partial charge on any atom is 0.274 e. The third-order valence-corrected chi connectivity index (χ3v) is 2.16. The molecule has 6 nitrogen and oxygen atoms in total. The zero-order valence-electron chi connectivity index (χ0n) is 10.1. The van der Waals surface area contributed by atoms with Crippen molar-refractivity contribution < 1.29 is 4.92 Å². The molecule has 100 valence electrons. The SMILES string of the molecule is CCCNC(N)=NCc1ccccc1[N+](=O)[O-].I. The number of rotatable bonds is 5. The molecule has 0 heterocycles. The first-order valence-corrected chi connectivity index (χ1v) is 5.41. The molecule has 0 bridgehead atoms. The highest BCUT2D eigenvalue weighted by Gasteiger charge is 2.11. The minimum absolute atomic E-state index is 0. The standard InChI is InChI=1S/C11H16N4O2.HI/c1-2-7-13-11(12)14-8-9-5-3-4-6-10(9)15(16)17;/h3-6H,2,7-8H2,1H3,(H3,12,13,14);1H.